The number of fused-ring (bicyclic) bond motifs is 1. The predicted octanol–water partition coefficient (Wildman–Crippen LogP) is 1.63. The molecule has 0 atom stereocenters. The van der Waals surface area contributed by atoms with E-state index >= 15 is 0 Å². The van der Waals surface area contributed by atoms with Gasteiger partial charge in [0.15, 0.2) is 16.3 Å². The van der Waals surface area contributed by atoms with Crippen LogP contribution in [0.3, 0.4) is 0 Å². The van der Waals surface area contributed by atoms with Crippen molar-refractivity contribution < 1.29 is 13.2 Å². The van der Waals surface area contributed by atoms with E-state index in [4.69, 9.17) is 5.73 Å². The van der Waals surface area contributed by atoms with Gasteiger partial charge in [-0.15, -0.1) is 0 Å². The number of anilines is 2. The molecule has 0 aliphatic rings. The third-order valence-corrected chi connectivity index (χ3v) is 6.30. The van der Waals surface area contributed by atoms with E-state index in [0.717, 1.165) is 28.5 Å². The third-order valence-electron chi connectivity index (χ3n) is 5.33. The third kappa shape index (κ3) is 4.78. The SMILES string of the molecule is CN(C)c1nc(N)nc(CSc2nc3c(c(=O)n(C)c(=O)n3C)n2Cc2cccc(C(F)(F)F)c2)n1. The molecule has 11 nitrogen and oxygen atoms in total. The van der Waals surface area contributed by atoms with E-state index in [2.05, 4.69) is 19.9 Å². The second kappa shape index (κ2) is 9.29. The predicted molar refractivity (Wildman–Crippen MR) is 129 cm³/mol. The zero-order valence-corrected chi connectivity index (χ0v) is 20.6. The lowest BCUT2D eigenvalue weighted by molar-refractivity contribution is -0.137. The van der Waals surface area contributed by atoms with Crippen molar-refractivity contribution in [3.63, 3.8) is 0 Å². The number of hydrogen-bond acceptors (Lipinski definition) is 9. The number of nitrogen functional groups attached to an aromatic ring is 1. The first-order valence-corrected chi connectivity index (χ1v) is 11.5. The molecule has 3 aromatic heterocycles. The molecule has 3 heterocycles. The van der Waals surface area contributed by atoms with Gasteiger partial charge in [0.2, 0.25) is 11.9 Å². The van der Waals surface area contributed by atoms with Crippen LogP contribution in [0.4, 0.5) is 25.1 Å². The van der Waals surface area contributed by atoms with Gasteiger partial charge in [0.05, 0.1) is 17.9 Å². The van der Waals surface area contributed by atoms with Crippen molar-refractivity contribution in [3.05, 3.63) is 62.1 Å². The molecule has 1 aromatic carbocycles. The molecule has 0 unspecified atom stereocenters. The summed E-state index contributed by atoms with van der Waals surface area (Å²) in [4.78, 5) is 44.1. The van der Waals surface area contributed by atoms with Gasteiger partial charge >= 0.3 is 11.9 Å². The molecule has 190 valence electrons. The van der Waals surface area contributed by atoms with E-state index in [9.17, 15) is 22.8 Å². The number of hydrogen-bond donors (Lipinski definition) is 1. The molecule has 4 aromatic rings. The number of rotatable bonds is 6. The van der Waals surface area contributed by atoms with Gasteiger partial charge in [0.25, 0.3) is 5.56 Å². The Morgan fingerprint density at radius 2 is 1.78 bits per heavy atom. The maximum absolute atomic E-state index is 13.3. The molecule has 0 saturated heterocycles. The highest BCUT2D eigenvalue weighted by molar-refractivity contribution is 7.98. The summed E-state index contributed by atoms with van der Waals surface area (Å²) in [6, 6.07) is 4.82. The zero-order chi connectivity index (χ0) is 26.4. The van der Waals surface area contributed by atoms with Crippen LogP contribution < -0.4 is 21.9 Å². The maximum Gasteiger partial charge on any atom is 0.416 e. The van der Waals surface area contributed by atoms with Gasteiger partial charge in [-0.25, -0.2) is 9.78 Å². The number of imidazole rings is 1. The summed E-state index contributed by atoms with van der Waals surface area (Å²) < 4.78 is 43.5. The van der Waals surface area contributed by atoms with Crippen LogP contribution in [-0.2, 0) is 32.6 Å². The van der Waals surface area contributed by atoms with Crippen molar-refractivity contribution in [1.82, 2.24) is 33.6 Å². The molecule has 36 heavy (non-hydrogen) atoms. The first-order chi connectivity index (χ1) is 16.9. The molecule has 15 heteroatoms. The van der Waals surface area contributed by atoms with E-state index in [1.54, 1.807) is 19.0 Å². The van der Waals surface area contributed by atoms with Crippen LogP contribution in [0, 0.1) is 0 Å². The van der Waals surface area contributed by atoms with E-state index in [1.165, 1.54) is 35.4 Å². The average molecular weight is 522 g/mol. The number of thioether (sulfide) groups is 1. The standard InChI is InChI=1S/C21H22F3N9O2S/c1-30(2)18-27-13(26-17(25)29-18)10-36-19-28-15-14(16(34)32(4)20(35)31(15)3)33(19)9-11-6-5-7-12(8-11)21(22,23)24/h5-8H,9-10H2,1-4H3,(H2,25,26,27,29). The highest BCUT2D eigenvalue weighted by Gasteiger charge is 2.30. The van der Waals surface area contributed by atoms with E-state index in [1.807, 2.05) is 0 Å². The quantitative estimate of drug-likeness (QED) is 0.376. The Bertz CT molecular complexity index is 1570. The number of halogens is 3. The first kappa shape index (κ1) is 25.2. The Morgan fingerprint density at radius 3 is 2.44 bits per heavy atom. The normalized spacial score (nSPS) is 11.9. The molecule has 2 N–H and O–H groups in total. The fourth-order valence-corrected chi connectivity index (χ4v) is 4.38. The smallest absolute Gasteiger partial charge is 0.368 e. The van der Waals surface area contributed by atoms with Crippen LogP contribution in [0.1, 0.15) is 17.0 Å². The van der Waals surface area contributed by atoms with Gasteiger partial charge in [0.1, 0.15) is 5.82 Å². The van der Waals surface area contributed by atoms with Crippen LogP contribution in [0.15, 0.2) is 39.0 Å². The number of nitrogens with two attached hydrogens (primary N) is 1. The Balaban J connectivity index is 1.82. The summed E-state index contributed by atoms with van der Waals surface area (Å²) in [6.07, 6.45) is -4.52. The Hall–Kier alpha value is -3.88. The van der Waals surface area contributed by atoms with Crippen molar-refractivity contribution in [2.45, 2.75) is 23.6 Å². The van der Waals surface area contributed by atoms with Crippen LogP contribution in [-0.4, -0.2) is 47.7 Å². The molecule has 4 rings (SSSR count). The van der Waals surface area contributed by atoms with E-state index < -0.39 is 23.0 Å². The van der Waals surface area contributed by atoms with Crippen LogP contribution in [0.25, 0.3) is 11.2 Å². The number of benzene rings is 1. The summed E-state index contributed by atoms with van der Waals surface area (Å²) in [7, 11) is 6.29. The second-order valence-electron chi connectivity index (χ2n) is 8.15. The van der Waals surface area contributed by atoms with Crippen molar-refractivity contribution in [1.29, 1.82) is 0 Å². The van der Waals surface area contributed by atoms with E-state index in [0.29, 0.717) is 22.5 Å². The fraction of sp³-hybridized carbons (Fsp3) is 0.333. The van der Waals surface area contributed by atoms with Gasteiger partial charge in [0, 0.05) is 28.2 Å². The average Bonchev–Trinajstić information content (AvgIpc) is 3.17. The highest BCUT2D eigenvalue weighted by Crippen LogP contribution is 2.31. The van der Waals surface area contributed by atoms with Crippen molar-refractivity contribution in [2.24, 2.45) is 14.1 Å². The van der Waals surface area contributed by atoms with Crippen LogP contribution >= 0.6 is 11.8 Å². The molecule has 0 aliphatic carbocycles. The van der Waals surface area contributed by atoms with Gasteiger partial charge in [-0.3, -0.25) is 13.9 Å². The topological polar surface area (TPSA) is 130 Å². The number of nitrogens with zero attached hydrogens (tertiary/aromatic N) is 8. The fourth-order valence-electron chi connectivity index (χ4n) is 3.53. The van der Waals surface area contributed by atoms with E-state index in [-0.39, 0.29) is 29.4 Å². The van der Waals surface area contributed by atoms with Gasteiger partial charge in [-0.05, 0) is 17.7 Å². The molecule has 0 spiro atoms. The van der Waals surface area contributed by atoms with Gasteiger partial charge in [-0.2, -0.15) is 28.1 Å². The summed E-state index contributed by atoms with van der Waals surface area (Å²) in [5.74, 6) is 0.897. The minimum Gasteiger partial charge on any atom is -0.368 e. The number of alkyl halides is 3. The minimum absolute atomic E-state index is 0.0260. The Kier molecular flexibility index (Phi) is 6.51. The largest absolute Gasteiger partial charge is 0.416 e. The summed E-state index contributed by atoms with van der Waals surface area (Å²) in [5.41, 5.74) is 4.30. The second-order valence-corrected chi connectivity index (χ2v) is 9.09. The summed E-state index contributed by atoms with van der Waals surface area (Å²) >= 11 is 1.15. The van der Waals surface area contributed by atoms with Crippen LogP contribution in [0.2, 0.25) is 0 Å². The molecule has 0 bridgehead atoms. The molecule has 0 aliphatic heterocycles. The molecule has 0 saturated carbocycles. The molecule has 0 amide bonds. The lowest BCUT2D eigenvalue weighted by Crippen LogP contribution is -2.37. The highest BCUT2D eigenvalue weighted by atomic mass is 32.2. The van der Waals surface area contributed by atoms with Gasteiger partial charge in [-0.1, -0.05) is 23.9 Å². The molecule has 0 fully saturated rings. The van der Waals surface area contributed by atoms with Gasteiger partial charge < -0.3 is 15.2 Å². The zero-order valence-electron chi connectivity index (χ0n) is 19.7. The lowest BCUT2D eigenvalue weighted by Gasteiger charge is -2.13. The Morgan fingerprint density at radius 1 is 1.06 bits per heavy atom. The number of aromatic nitrogens is 7. The van der Waals surface area contributed by atoms with Crippen molar-refractivity contribution >= 4 is 34.8 Å². The van der Waals surface area contributed by atoms with Crippen molar-refractivity contribution in [3.8, 4) is 0 Å². The summed E-state index contributed by atoms with van der Waals surface area (Å²) in [5, 5.41) is 0.297. The monoisotopic (exact) mass is 521 g/mol. The molecular weight excluding hydrogens is 499 g/mol. The molecule has 0 radical (unpaired) electrons. The maximum atomic E-state index is 13.3. The lowest BCUT2D eigenvalue weighted by atomic mass is 10.1. The first-order valence-electron chi connectivity index (χ1n) is 10.5. The summed E-state index contributed by atoms with van der Waals surface area (Å²) in [6.45, 7) is -0.0848. The number of aryl methyl sites for hydroxylation is 1. The minimum atomic E-state index is -4.52. The molecular formula is C21H22F3N9O2S. The van der Waals surface area contributed by atoms with Crippen LogP contribution in [0.5, 0.6) is 0 Å². The van der Waals surface area contributed by atoms with Crippen molar-refractivity contribution in [2.75, 3.05) is 24.7 Å². The Labute approximate surface area is 206 Å².